The fourth-order valence-electron chi connectivity index (χ4n) is 1.83. The summed E-state index contributed by atoms with van der Waals surface area (Å²) < 4.78 is 5.86. The number of amides is 1. The molecule has 0 aliphatic carbocycles. The molecule has 1 unspecified atom stereocenters. The molecular weight excluding hydrogens is 264 g/mol. The zero-order chi connectivity index (χ0) is 15.2. The molecule has 21 heavy (non-hydrogen) atoms. The van der Waals surface area contributed by atoms with Crippen LogP contribution in [0, 0.1) is 12.8 Å². The highest BCUT2D eigenvalue weighted by Crippen LogP contribution is 2.29. The van der Waals surface area contributed by atoms with Gasteiger partial charge in [-0.05, 0) is 36.8 Å². The third-order valence-electron chi connectivity index (χ3n) is 3.16. The predicted molar refractivity (Wildman–Crippen MR) is 84.5 cm³/mol. The number of rotatable bonds is 5. The number of hydrogen-bond acceptors (Lipinski definition) is 3. The Hall–Kier alpha value is -2.33. The lowest BCUT2D eigenvalue weighted by molar-refractivity contribution is -0.119. The van der Waals surface area contributed by atoms with E-state index < -0.39 is 0 Å². The smallest absolute Gasteiger partial charge is 0.228 e. The van der Waals surface area contributed by atoms with Gasteiger partial charge in [0.2, 0.25) is 5.91 Å². The standard InChI is InChI=1S/C17H20N2O2/c1-12-6-5-7-14(10-12)21-16-9-4-3-8-15(16)19-17(20)13(2)11-18/h3-10,13H,11,18H2,1-2H3,(H,19,20). The SMILES string of the molecule is Cc1cccc(Oc2ccccc2NC(=O)C(C)CN)c1. The van der Waals surface area contributed by atoms with Crippen LogP contribution < -0.4 is 15.8 Å². The summed E-state index contributed by atoms with van der Waals surface area (Å²) in [6, 6.07) is 15.1. The van der Waals surface area contributed by atoms with Crippen molar-refractivity contribution < 1.29 is 9.53 Å². The molecule has 1 amide bonds. The molecule has 0 saturated heterocycles. The lowest BCUT2D eigenvalue weighted by Gasteiger charge is -2.14. The number of hydrogen-bond donors (Lipinski definition) is 2. The Labute approximate surface area is 124 Å². The average Bonchev–Trinajstić information content (AvgIpc) is 2.48. The van der Waals surface area contributed by atoms with Crippen LogP contribution in [0.25, 0.3) is 0 Å². The number of benzene rings is 2. The molecule has 0 aromatic heterocycles. The van der Waals surface area contributed by atoms with Crippen LogP contribution in [0.5, 0.6) is 11.5 Å². The monoisotopic (exact) mass is 284 g/mol. The molecule has 0 saturated carbocycles. The van der Waals surface area contributed by atoms with Gasteiger partial charge in [-0.15, -0.1) is 0 Å². The van der Waals surface area contributed by atoms with Crippen LogP contribution in [0.15, 0.2) is 48.5 Å². The molecule has 0 heterocycles. The number of ether oxygens (including phenoxy) is 1. The molecule has 4 nitrogen and oxygen atoms in total. The Morgan fingerprint density at radius 1 is 1.24 bits per heavy atom. The highest BCUT2D eigenvalue weighted by atomic mass is 16.5. The minimum Gasteiger partial charge on any atom is -0.455 e. The number of carbonyl (C=O) groups excluding carboxylic acids is 1. The van der Waals surface area contributed by atoms with Crippen molar-refractivity contribution in [2.45, 2.75) is 13.8 Å². The van der Waals surface area contributed by atoms with E-state index in [1.165, 1.54) is 0 Å². The van der Waals surface area contributed by atoms with Crippen LogP contribution in [0.1, 0.15) is 12.5 Å². The van der Waals surface area contributed by atoms with Crippen molar-refractivity contribution in [2.24, 2.45) is 11.7 Å². The molecule has 4 heteroatoms. The number of para-hydroxylation sites is 2. The fraction of sp³-hybridized carbons (Fsp3) is 0.235. The summed E-state index contributed by atoms with van der Waals surface area (Å²) in [5.41, 5.74) is 7.27. The Morgan fingerprint density at radius 3 is 2.71 bits per heavy atom. The first kappa shape index (κ1) is 15.1. The molecule has 2 aromatic rings. The number of anilines is 1. The highest BCUT2D eigenvalue weighted by Gasteiger charge is 2.13. The zero-order valence-corrected chi connectivity index (χ0v) is 12.3. The lowest BCUT2D eigenvalue weighted by Crippen LogP contribution is -2.26. The Morgan fingerprint density at radius 2 is 2.00 bits per heavy atom. The third-order valence-corrected chi connectivity index (χ3v) is 3.16. The summed E-state index contributed by atoms with van der Waals surface area (Å²) in [4.78, 5) is 12.0. The Balaban J connectivity index is 2.19. The average molecular weight is 284 g/mol. The largest absolute Gasteiger partial charge is 0.455 e. The van der Waals surface area contributed by atoms with Crippen molar-refractivity contribution in [2.75, 3.05) is 11.9 Å². The van der Waals surface area contributed by atoms with E-state index in [9.17, 15) is 4.79 Å². The van der Waals surface area contributed by atoms with Crippen molar-refractivity contribution in [3.8, 4) is 11.5 Å². The van der Waals surface area contributed by atoms with Gasteiger partial charge in [-0.25, -0.2) is 0 Å². The lowest BCUT2D eigenvalue weighted by atomic mass is 10.1. The van der Waals surface area contributed by atoms with Gasteiger partial charge >= 0.3 is 0 Å². The quantitative estimate of drug-likeness (QED) is 0.885. The van der Waals surface area contributed by atoms with Gasteiger partial charge in [-0.1, -0.05) is 31.2 Å². The summed E-state index contributed by atoms with van der Waals surface area (Å²) in [5.74, 6) is 0.999. The third kappa shape index (κ3) is 4.07. The van der Waals surface area contributed by atoms with Crippen LogP contribution in [0.2, 0.25) is 0 Å². The second-order valence-corrected chi connectivity index (χ2v) is 5.04. The summed E-state index contributed by atoms with van der Waals surface area (Å²) in [5, 5.41) is 2.85. The van der Waals surface area contributed by atoms with Crippen molar-refractivity contribution in [1.82, 2.24) is 0 Å². The van der Waals surface area contributed by atoms with E-state index in [0.717, 1.165) is 11.3 Å². The Kier molecular flexibility index (Phi) is 4.95. The maximum Gasteiger partial charge on any atom is 0.228 e. The first-order chi connectivity index (χ1) is 10.1. The van der Waals surface area contributed by atoms with E-state index in [1.807, 2.05) is 55.5 Å². The molecule has 0 spiro atoms. The van der Waals surface area contributed by atoms with Gasteiger partial charge in [-0.2, -0.15) is 0 Å². The van der Waals surface area contributed by atoms with Crippen LogP contribution in [-0.4, -0.2) is 12.5 Å². The summed E-state index contributed by atoms with van der Waals surface area (Å²) >= 11 is 0. The molecule has 2 rings (SSSR count). The van der Waals surface area contributed by atoms with Gasteiger partial charge in [0.15, 0.2) is 5.75 Å². The van der Waals surface area contributed by atoms with Crippen LogP contribution in [-0.2, 0) is 4.79 Å². The summed E-state index contributed by atoms with van der Waals surface area (Å²) in [6.07, 6.45) is 0. The minimum atomic E-state index is -0.239. The van der Waals surface area contributed by atoms with Gasteiger partial charge < -0.3 is 15.8 Å². The van der Waals surface area contributed by atoms with E-state index in [4.69, 9.17) is 10.5 Å². The first-order valence-electron chi connectivity index (χ1n) is 6.94. The number of nitrogens with one attached hydrogen (secondary N) is 1. The molecule has 0 aliphatic heterocycles. The molecule has 110 valence electrons. The maximum atomic E-state index is 12.0. The van der Waals surface area contributed by atoms with Crippen molar-refractivity contribution in [1.29, 1.82) is 0 Å². The minimum absolute atomic E-state index is 0.113. The number of aryl methyl sites for hydroxylation is 1. The maximum absolute atomic E-state index is 12.0. The molecule has 0 radical (unpaired) electrons. The molecule has 0 bridgehead atoms. The molecule has 2 aromatic carbocycles. The van der Waals surface area contributed by atoms with E-state index in [1.54, 1.807) is 6.92 Å². The van der Waals surface area contributed by atoms with Gasteiger partial charge in [0.1, 0.15) is 5.75 Å². The molecular formula is C17H20N2O2. The normalized spacial score (nSPS) is 11.8. The van der Waals surface area contributed by atoms with E-state index in [0.29, 0.717) is 18.0 Å². The Bertz CT molecular complexity index is 626. The summed E-state index contributed by atoms with van der Waals surface area (Å²) in [7, 11) is 0. The van der Waals surface area contributed by atoms with Crippen molar-refractivity contribution >= 4 is 11.6 Å². The second kappa shape index (κ2) is 6.90. The first-order valence-corrected chi connectivity index (χ1v) is 6.94. The summed E-state index contributed by atoms with van der Waals surface area (Å²) in [6.45, 7) is 4.11. The van der Waals surface area contributed by atoms with Gasteiger partial charge in [0.25, 0.3) is 0 Å². The topological polar surface area (TPSA) is 64.3 Å². The number of nitrogens with two attached hydrogens (primary N) is 1. The van der Waals surface area contributed by atoms with E-state index in [2.05, 4.69) is 5.32 Å². The van der Waals surface area contributed by atoms with Crippen molar-refractivity contribution in [3.63, 3.8) is 0 Å². The van der Waals surface area contributed by atoms with Crippen LogP contribution in [0.3, 0.4) is 0 Å². The second-order valence-electron chi connectivity index (χ2n) is 5.04. The fourth-order valence-corrected chi connectivity index (χ4v) is 1.83. The molecule has 1 atom stereocenters. The van der Waals surface area contributed by atoms with Crippen LogP contribution >= 0.6 is 0 Å². The molecule has 0 fully saturated rings. The predicted octanol–water partition coefficient (Wildman–Crippen LogP) is 3.32. The molecule has 3 N–H and O–H groups in total. The van der Waals surface area contributed by atoms with E-state index >= 15 is 0 Å². The van der Waals surface area contributed by atoms with Gasteiger partial charge in [0, 0.05) is 12.5 Å². The number of carbonyl (C=O) groups is 1. The van der Waals surface area contributed by atoms with Gasteiger partial charge in [0.05, 0.1) is 5.69 Å². The van der Waals surface area contributed by atoms with Gasteiger partial charge in [-0.3, -0.25) is 4.79 Å². The van der Waals surface area contributed by atoms with Crippen molar-refractivity contribution in [3.05, 3.63) is 54.1 Å². The highest BCUT2D eigenvalue weighted by molar-refractivity contribution is 5.93. The van der Waals surface area contributed by atoms with E-state index in [-0.39, 0.29) is 11.8 Å². The molecule has 0 aliphatic rings. The van der Waals surface area contributed by atoms with Crippen LogP contribution in [0.4, 0.5) is 5.69 Å². The zero-order valence-electron chi connectivity index (χ0n) is 12.3.